The predicted molar refractivity (Wildman–Crippen MR) is 89.8 cm³/mol. The molecule has 0 spiro atoms. The van der Waals surface area contributed by atoms with Crippen LogP contribution in [0.15, 0.2) is 29.3 Å². The van der Waals surface area contributed by atoms with Crippen molar-refractivity contribution in [3.63, 3.8) is 0 Å². The summed E-state index contributed by atoms with van der Waals surface area (Å²) in [5, 5.41) is 6.79. The minimum Gasteiger partial charge on any atom is -0.497 e. The van der Waals surface area contributed by atoms with Crippen molar-refractivity contribution >= 4 is 5.96 Å². The second-order valence-electron chi connectivity index (χ2n) is 5.69. The minimum atomic E-state index is 0.0363. The van der Waals surface area contributed by atoms with E-state index < -0.39 is 0 Å². The molecule has 22 heavy (non-hydrogen) atoms. The van der Waals surface area contributed by atoms with Crippen molar-refractivity contribution in [3.05, 3.63) is 24.3 Å². The number of nitrogens with zero attached hydrogens (tertiary/aromatic N) is 1. The molecule has 1 unspecified atom stereocenters. The molecular weight excluding hydrogens is 278 g/mol. The van der Waals surface area contributed by atoms with E-state index in [2.05, 4.69) is 15.6 Å². The first-order chi connectivity index (χ1) is 10.7. The highest BCUT2D eigenvalue weighted by Crippen LogP contribution is 2.20. The van der Waals surface area contributed by atoms with Gasteiger partial charge in [0.1, 0.15) is 17.6 Å². The molecule has 1 aromatic carbocycles. The van der Waals surface area contributed by atoms with Gasteiger partial charge in [-0.1, -0.05) is 18.9 Å². The lowest BCUT2D eigenvalue weighted by molar-refractivity contribution is 0.222. The Morgan fingerprint density at radius 1 is 1.32 bits per heavy atom. The number of rotatable bonds is 6. The maximum atomic E-state index is 5.90. The first-order valence-electron chi connectivity index (χ1n) is 7.99. The molecule has 1 aliphatic carbocycles. The quantitative estimate of drug-likeness (QED) is 0.626. The second-order valence-corrected chi connectivity index (χ2v) is 5.69. The number of benzene rings is 1. The molecule has 0 heterocycles. The van der Waals surface area contributed by atoms with Crippen LogP contribution in [-0.2, 0) is 0 Å². The van der Waals surface area contributed by atoms with Gasteiger partial charge in [-0.2, -0.15) is 0 Å². The fraction of sp³-hybridized carbons (Fsp3) is 0.588. The highest BCUT2D eigenvalue weighted by Gasteiger charge is 2.16. The van der Waals surface area contributed by atoms with Gasteiger partial charge in [-0.25, -0.2) is 0 Å². The van der Waals surface area contributed by atoms with Crippen LogP contribution in [0.1, 0.15) is 32.6 Å². The Balaban J connectivity index is 1.76. The lowest BCUT2D eigenvalue weighted by atomic mass is 10.2. The van der Waals surface area contributed by atoms with E-state index in [1.165, 1.54) is 25.7 Å². The fourth-order valence-electron chi connectivity index (χ4n) is 2.65. The third-order valence-electron chi connectivity index (χ3n) is 3.86. The average Bonchev–Trinajstić information content (AvgIpc) is 3.04. The van der Waals surface area contributed by atoms with Gasteiger partial charge in [-0.3, -0.25) is 4.99 Å². The van der Waals surface area contributed by atoms with Crippen LogP contribution in [-0.4, -0.2) is 38.8 Å². The summed E-state index contributed by atoms with van der Waals surface area (Å²) in [5.41, 5.74) is 0. The molecule has 0 amide bonds. The predicted octanol–water partition coefficient (Wildman–Crippen LogP) is 2.57. The van der Waals surface area contributed by atoms with Crippen molar-refractivity contribution in [2.24, 2.45) is 4.99 Å². The molecule has 2 rings (SSSR count). The molecule has 5 heteroatoms. The molecule has 0 saturated heterocycles. The Hall–Kier alpha value is -1.91. The number of guanidine groups is 1. The topological polar surface area (TPSA) is 54.9 Å². The van der Waals surface area contributed by atoms with Gasteiger partial charge in [-0.15, -0.1) is 0 Å². The molecule has 0 radical (unpaired) electrons. The zero-order valence-corrected chi connectivity index (χ0v) is 13.8. The van der Waals surface area contributed by atoms with Gasteiger partial charge in [0.25, 0.3) is 0 Å². The van der Waals surface area contributed by atoms with Crippen molar-refractivity contribution in [1.82, 2.24) is 10.6 Å². The maximum Gasteiger partial charge on any atom is 0.191 e. The summed E-state index contributed by atoms with van der Waals surface area (Å²) in [7, 11) is 3.46. The van der Waals surface area contributed by atoms with E-state index in [4.69, 9.17) is 9.47 Å². The SMILES string of the molecule is CN=C(NCC(C)Oc1cccc(OC)c1)NC1CCCC1. The van der Waals surface area contributed by atoms with E-state index >= 15 is 0 Å². The van der Waals surface area contributed by atoms with E-state index in [0.717, 1.165) is 17.5 Å². The normalized spacial score (nSPS) is 17.1. The van der Waals surface area contributed by atoms with Crippen molar-refractivity contribution < 1.29 is 9.47 Å². The molecule has 0 aliphatic heterocycles. The number of aliphatic imine (C=N–C) groups is 1. The zero-order valence-electron chi connectivity index (χ0n) is 13.8. The van der Waals surface area contributed by atoms with E-state index in [-0.39, 0.29) is 6.10 Å². The largest absolute Gasteiger partial charge is 0.497 e. The summed E-state index contributed by atoms with van der Waals surface area (Å²) >= 11 is 0. The van der Waals surface area contributed by atoms with Gasteiger partial charge in [0.2, 0.25) is 0 Å². The number of methoxy groups -OCH3 is 1. The molecule has 1 aliphatic rings. The lowest BCUT2D eigenvalue weighted by Crippen LogP contribution is -2.45. The Labute approximate surface area is 133 Å². The van der Waals surface area contributed by atoms with Crippen LogP contribution in [0.4, 0.5) is 0 Å². The summed E-state index contributed by atoms with van der Waals surface area (Å²) in [5.74, 6) is 2.47. The standard InChI is InChI=1S/C17H27N3O2/c1-13(22-16-10-6-9-15(11-16)21-3)12-19-17(18-2)20-14-7-4-5-8-14/h6,9-11,13-14H,4-5,7-8,12H2,1-3H3,(H2,18,19,20). The zero-order chi connectivity index (χ0) is 15.8. The van der Waals surface area contributed by atoms with Gasteiger partial charge in [0.15, 0.2) is 5.96 Å². The van der Waals surface area contributed by atoms with Crippen LogP contribution in [0.5, 0.6) is 11.5 Å². The van der Waals surface area contributed by atoms with Crippen molar-refractivity contribution in [1.29, 1.82) is 0 Å². The molecule has 122 valence electrons. The number of ether oxygens (including phenoxy) is 2. The van der Waals surface area contributed by atoms with Crippen LogP contribution in [0.25, 0.3) is 0 Å². The summed E-state index contributed by atoms with van der Waals surface area (Å²) < 4.78 is 11.1. The highest BCUT2D eigenvalue weighted by atomic mass is 16.5. The summed E-state index contributed by atoms with van der Waals surface area (Å²) in [6, 6.07) is 8.21. The van der Waals surface area contributed by atoms with Gasteiger partial charge >= 0.3 is 0 Å². The maximum absolute atomic E-state index is 5.90. The van der Waals surface area contributed by atoms with Crippen LogP contribution in [0, 0.1) is 0 Å². The molecular formula is C17H27N3O2. The molecule has 2 N–H and O–H groups in total. The van der Waals surface area contributed by atoms with E-state index in [9.17, 15) is 0 Å². The summed E-state index contributed by atoms with van der Waals surface area (Å²) in [6.07, 6.45) is 5.12. The molecule has 1 atom stereocenters. The first kappa shape index (κ1) is 16.5. The van der Waals surface area contributed by atoms with Crippen molar-refractivity contribution in [2.45, 2.75) is 44.8 Å². The lowest BCUT2D eigenvalue weighted by Gasteiger charge is -2.20. The number of nitrogens with one attached hydrogen (secondary N) is 2. The monoisotopic (exact) mass is 305 g/mol. The molecule has 0 aromatic heterocycles. The van der Waals surface area contributed by atoms with E-state index in [1.807, 2.05) is 31.2 Å². The Morgan fingerprint density at radius 3 is 2.73 bits per heavy atom. The highest BCUT2D eigenvalue weighted by molar-refractivity contribution is 5.80. The number of hydrogen-bond acceptors (Lipinski definition) is 3. The van der Waals surface area contributed by atoms with Crippen LogP contribution in [0.3, 0.4) is 0 Å². The molecule has 5 nitrogen and oxygen atoms in total. The third kappa shape index (κ3) is 5.13. The minimum absolute atomic E-state index is 0.0363. The van der Waals surface area contributed by atoms with Gasteiger partial charge in [0, 0.05) is 19.2 Å². The van der Waals surface area contributed by atoms with Gasteiger partial charge < -0.3 is 20.1 Å². The van der Waals surface area contributed by atoms with Crippen LogP contribution < -0.4 is 20.1 Å². The Bertz CT molecular complexity index is 485. The summed E-state index contributed by atoms with van der Waals surface area (Å²) in [6.45, 7) is 2.74. The van der Waals surface area contributed by atoms with E-state index in [0.29, 0.717) is 12.6 Å². The molecule has 1 aromatic rings. The van der Waals surface area contributed by atoms with Crippen molar-refractivity contribution in [3.8, 4) is 11.5 Å². The molecule has 1 saturated carbocycles. The first-order valence-corrected chi connectivity index (χ1v) is 7.99. The Morgan fingerprint density at radius 2 is 2.05 bits per heavy atom. The van der Waals surface area contributed by atoms with Crippen LogP contribution in [0.2, 0.25) is 0 Å². The molecule has 1 fully saturated rings. The van der Waals surface area contributed by atoms with E-state index in [1.54, 1.807) is 14.2 Å². The van der Waals surface area contributed by atoms with Crippen molar-refractivity contribution in [2.75, 3.05) is 20.7 Å². The van der Waals surface area contributed by atoms with Gasteiger partial charge in [-0.05, 0) is 31.9 Å². The van der Waals surface area contributed by atoms with Crippen LogP contribution >= 0.6 is 0 Å². The molecule has 0 bridgehead atoms. The average molecular weight is 305 g/mol. The third-order valence-corrected chi connectivity index (χ3v) is 3.86. The fourth-order valence-corrected chi connectivity index (χ4v) is 2.65. The Kier molecular flexibility index (Phi) is 6.37. The second kappa shape index (κ2) is 8.51. The number of hydrogen-bond donors (Lipinski definition) is 2. The summed E-state index contributed by atoms with van der Waals surface area (Å²) in [4.78, 5) is 4.28. The smallest absolute Gasteiger partial charge is 0.191 e. The van der Waals surface area contributed by atoms with Gasteiger partial charge in [0.05, 0.1) is 13.7 Å².